The van der Waals surface area contributed by atoms with Gasteiger partial charge in [-0.1, -0.05) is 48.9 Å². The molecular weight excluding hydrogens is 506 g/mol. The quantitative estimate of drug-likeness (QED) is 0.215. The Labute approximate surface area is 238 Å². The number of hydrogen-bond donors (Lipinski definition) is 2. The average Bonchev–Trinajstić information content (AvgIpc) is 2.91. The second kappa shape index (κ2) is 16.8. The predicted molar refractivity (Wildman–Crippen MR) is 158 cm³/mol. The minimum absolute atomic E-state index is 0.172. The zero-order chi connectivity index (χ0) is 28.7. The third-order valence-electron chi connectivity index (χ3n) is 7.25. The molecule has 1 saturated heterocycles. The molecule has 0 amide bonds. The van der Waals surface area contributed by atoms with Crippen LogP contribution >= 0.6 is 0 Å². The Hall–Kier alpha value is -3.16. The van der Waals surface area contributed by atoms with Crippen molar-refractivity contribution in [2.45, 2.75) is 77.4 Å². The molecule has 3 rings (SSSR count). The summed E-state index contributed by atoms with van der Waals surface area (Å²) >= 11 is 0. The Morgan fingerprint density at radius 3 is 2.40 bits per heavy atom. The van der Waals surface area contributed by atoms with Crippen LogP contribution < -0.4 is 4.74 Å². The Morgan fingerprint density at radius 2 is 1.70 bits per heavy atom. The molecule has 1 fully saturated rings. The van der Waals surface area contributed by atoms with E-state index >= 15 is 0 Å². The van der Waals surface area contributed by atoms with E-state index in [0.717, 1.165) is 75.0 Å². The molecule has 3 atom stereocenters. The smallest absolute Gasteiger partial charge is 0.335 e. The highest BCUT2D eigenvalue weighted by molar-refractivity contribution is 5.87. The highest BCUT2D eigenvalue weighted by atomic mass is 16.5. The van der Waals surface area contributed by atoms with Crippen molar-refractivity contribution < 1.29 is 29.3 Å². The molecule has 0 saturated carbocycles. The van der Waals surface area contributed by atoms with E-state index in [-0.39, 0.29) is 17.9 Å². The highest BCUT2D eigenvalue weighted by Crippen LogP contribution is 2.24. The summed E-state index contributed by atoms with van der Waals surface area (Å²) in [6.07, 6.45) is 11.4. The lowest BCUT2D eigenvalue weighted by Gasteiger charge is -2.35. The van der Waals surface area contributed by atoms with Crippen molar-refractivity contribution in [3.05, 3.63) is 71.3 Å². The first-order chi connectivity index (χ1) is 19.3. The molecular formula is C33H45NO6. The summed E-state index contributed by atoms with van der Waals surface area (Å²) in [6, 6.07) is 15.0. The zero-order valence-electron chi connectivity index (χ0n) is 24.0. The minimum Gasteiger partial charge on any atom is -0.493 e. The lowest BCUT2D eigenvalue weighted by Crippen LogP contribution is -2.45. The topological polar surface area (TPSA) is 96.3 Å². The van der Waals surface area contributed by atoms with Crippen molar-refractivity contribution in [1.82, 2.24) is 4.90 Å². The highest BCUT2D eigenvalue weighted by Gasteiger charge is 2.21. The first-order valence-electron chi connectivity index (χ1n) is 14.6. The van der Waals surface area contributed by atoms with Crippen LogP contribution in [0.3, 0.4) is 0 Å². The van der Waals surface area contributed by atoms with E-state index in [2.05, 4.69) is 37.0 Å². The minimum atomic E-state index is -0.936. The summed E-state index contributed by atoms with van der Waals surface area (Å²) in [7, 11) is 0. The van der Waals surface area contributed by atoms with Crippen molar-refractivity contribution in [2.75, 3.05) is 26.2 Å². The van der Waals surface area contributed by atoms with Crippen LogP contribution in [-0.2, 0) is 16.0 Å². The van der Waals surface area contributed by atoms with E-state index in [9.17, 15) is 14.7 Å². The largest absolute Gasteiger partial charge is 0.493 e. The number of aromatic carboxylic acids is 1. The molecule has 2 aromatic rings. The van der Waals surface area contributed by atoms with Crippen molar-refractivity contribution in [1.29, 1.82) is 0 Å². The summed E-state index contributed by atoms with van der Waals surface area (Å²) in [4.78, 5) is 24.6. The van der Waals surface area contributed by atoms with E-state index in [4.69, 9.17) is 14.6 Å². The molecule has 7 nitrogen and oxygen atoms in total. The maximum atomic E-state index is 11.2. The van der Waals surface area contributed by atoms with Gasteiger partial charge in [-0.2, -0.15) is 0 Å². The molecule has 218 valence electrons. The molecule has 7 heteroatoms. The van der Waals surface area contributed by atoms with Crippen molar-refractivity contribution in [3.8, 4) is 5.75 Å². The second-order valence-electron chi connectivity index (χ2n) is 10.9. The van der Waals surface area contributed by atoms with E-state index in [1.54, 1.807) is 12.1 Å². The Bertz CT molecular complexity index is 1070. The third kappa shape index (κ3) is 11.5. The number of para-hydroxylation sites is 1. The molecule has 0 bridgehead atoms. The number of carboxylic acids is 2. The summed E-state index contributed by atoms with van der Waals surface area (Å²) in [5.74, 6) is -0.643. The predicted octanol–water partition coefficient (Wildman–Crippen LogP) is 6.56. The van der Waals surface area contributed by atoms with Crippen molar-refractivity contribution >= 4 is 18.0 Å². The first-order valence-corrected chi connectivity index (χ1v) is 14.6. The number of aliphatic carboxylic acids is 1. The SMILES string of the molecule is CC1CN(CCCCCOc2ccccc2C=CC(CCCCC(=O)O)Cc2ccc(C(=O)O)cc2)CC(C)O1. The number of allylic oxidation sites excluding steroid dienone is 1. The van der Waals surface area contributed by atoms with Gasteiger partial charge in [0.15, 0.2) is 0 Å². The summed E-state index contributed by atoms with van der Waals surface area (Å²) < 4.78 is 12.0. The van der Waals surface area contributed by atoms with E-state index in [1.807, 2.05) is 30.3 Å². The lowest BCUT2D eigenvalue weighted by atomic mass is 9.92. The van der Waals surface area contributed by atoms with Gasteiger partial charge in [-0.05, 0) is 88.6 Å². The number of carbonyl (C=O) groups is 2. The van der Waals surface area contributed by atoms with Gasteiger partial charge < -0.3 is 19.7 Å². The van der Waals surface area contributed by atoms with Crippen LogP contribution in [0.4, 0.5) is 0 Å². The maximum absolute atomic E-state index is 11.2. The molecule has 1 aliphatic heterocycles. The normalized spacial score (nSPS) is 18.6. The molecule has 1 heterocycles. The molecule has 2 aromatic carbocycles. The maximum Gasteiger partial charge on any atom is 0.335 e. The van der Waals surface area contributed by atoms with Gasteiger partial charge in [0.2, 0.25) is 0 Å². The molecule has 2 N–H and O–H groups in total. The average molecular weight is 552 g/mol. The van der Waals surface area contributed by atoms with Crippen LogP contribution in [-0.4, -0.2) is 65.5 Å². The Kier molecular flexibility index (Phi) is 13.2. The molecule has 0 aliphatic carbocycles. The Morgan fingerprint density at radius 1 is 0.975 bits per heavy atom. The summed E-state index contributed by atoms with van der Waals surface area (Å²) in [6.45, 7) is 8.08. The van der Waals surface area contributed by atoms with Crippen molar-refractivity contribution in [2.24, 2.45) is 5.92 Å². The number of carboxylic acid groups (broad SMARTS) is 2. The van der Waals surface area contributed by atoms with Crippen LogP contribution in [0, 0.1) is 5.92 Å². The van der Waals surface area contributed by atoms with Crippen LogP contribution in [0.15, 0.2) is 54.6 Å². The van der Waals surface area contributed by atoms with E-state index < -0.39 is 11.9 Å². The standard InChI is InChI=1S/C33H45NO6/c1-25-23-34(24-26(2)40-25)20-8-3-9-21-39-31-12-6-5-11-29(31)17-14-27(10-4-7-13-32(35)36)22-28-15-18-30(19-16-28)33(37)38/h5-6,11-12,14-19,25-27H,3-4,7-10,13,20-24H2,1-2H3,(H,35,36)(H,37,38). The number of rotatable bonds is 17. The van der Waals surface area contributed by atoms with Crippen molar-refractivity contribution in [3.63, 3.8) is 0 Å². The molecule has 0 spiro atoms. The Balaban J connectivity index is 1.52. The van der Waals surface area contributed by atoms with Crippen LogP contribution in [0.2, 0.25) is 0 Å². The number of benzene rings is 2. The van der Waals surface area contributed by atoms with Gasteiger partial charge in [0.05, 0.1) is 24.4 Å². The summed E-state index contributed by atoms with van der Waals surface area (Å²) in [5, 5.41) is 18.2. The van der Waals surface area contributed by atoms with Gasteiger partial charge in [-0.3, -0.25) is 9.69 Å². The van der Waals surface area contributed by atoms with Gasteiger partial charge in [0.1, 0.15) is 5.75 Å². The van der Waals surface area contributed by atoms with E-state index in [1.165, 1.54) is 0 Å². The fourth-order valence-corrected chi connectivity index (χ4v) is 5.29. The molecule has 40 heavy (non-hydrogen) atoms. The van der Waals surface area contributed by atoms with Gasteiger partial charge in [0, 0.05) is 25.1 Å². The fourth-order valence-electron chi connectivity index (χ4n) is 5.29. The molecule has 3 unspecified atom stereocenters. The van der Waals surface area contributed by atoms with Gasteiger partial charge in [0.25, 0.3) is 0 Å². The number of unbranched alkanes of at least 4 members (excludes halogenated alkanes) is 3. The number of morpholine rings is 1. The first kappa shape index (κ1) is 31.4. The number of nitrogens with zero attached hydrogens (tertiary/aromatic N) is 1. The number of hydrogen-bond acceptors (Lipinski definition) is 5. The molecule has 0 aromatic heterocycles. The fraction of sp³-hybridized carbons (Fsp3) is 0.515. The number of ether oxygens (including phenoxy) is 2. The van der Waals surface area contributed by atoms with Crippen LogP contribution in [0.5, 0.6) is 5.75 Å². The lowest BCUT2D eigenvalue weighted by molar-refractivity contribution is -0.137. The van der Waals surface area contributed by atoms with E-state index in [0.29, 0.717) is 25.2 Å². The van der Waals surface area contributed by atoms with Gasteiger partial charge in [-0.25, -0.2) is 4.79 Å². The monoisotopic (exact) mass is 551 g/mol. The molecule has 1 aliphatic rings. The summed E-state index contributed by atoms with van der Waals surface area (Å²) in [5.41, 5.74) is 2.35. The molecule has 0 radical (unpaired) electrons. The second-order valence-corrected chi connectivity index (χ2v) is 10.9. The zero-order valence-corrected chi connectivity index (χ0v) is 24.0. The van der Waals surface area contributed by atoms with Gasteiger partial charge in [-0.15, -0.1) is 0 Å². The van der Waals surface area contributed by atoms with Gasteiger partial charge >= 0.3 is 11.9 Å². The van der Waals surface area contributed by atoms with Crippen LogP contribution in [0.25, 0.3) is 6.08 Å². The van der Waals surface area contributed by atoms with Crippen LogP contribution in [0.1, 0.15) is 80.3 Å². The third-order valence-corrected chi connectivity index (χ3v) is 7.25.